The third-order valence-electron chi connectivity index (χ3n) is 18.5. The molecule has 0 aromatic heterocycles. The Bertz CT molecular complexity index is 2000. The number of rotatable bonds is 75. The van der Waals surface area contributed by atoms with Gasteiger partial charge in [-0.15, -0.1) is 0 Å². The van der Waals surface area contributed by atoms with Crippen molar-refractivity contribution in [1.29, 1.82) is 0 Å². The minimum Gasteiger partial charge on any atom is -0.462 e. The van der Waals surface area contributed by atoms with E-state index < -0.39 is 97.5 Å². The Kier molecular flexibility index (Phi) is 67.2. The fourth-order valence-corrected chi connectivity index (χ4v) is 13.1. The van der Waals surface area contributed by atoms with E-state index in [0.717, 1.165) is 127 Å². The first-order valence-corrected chi connectivity index (χ1v) is 43.2. The molecule has 0 spiro atoms. The van der Waals surface area contributed by atoms with Gasteiger partial charge >= 0.3 is 39.5 Å². The molecule has 0 aromatic rings. The molecule has 0 saturated carbocycles. The van der Waals surface area contributed by atoms with Gasteiger partial charge in [-0.2, -0.15) is 0 Å². The van der Waals surface area contributed by atoms with Crippen LogP contribution in [-0.4, -0.2) is 96.7 Å². The van der Waals surface area contributed by atoms with Crippen molar-refractivity contribution in [2.24, 2.45) is 17.8 Å². The Morgan fingerprint density at radius 2 is 0.602 bits per heavy atom. The third-order valence-corrected chi connectivity index (χ3v) is 20.4. The maximum absolute atomic E-state index is 13.1. The number of allylic oxidation sites excluding steroid dienone is 4. The van der Waals surface area contributed by atoms with Crippen molar-refractivity contribution >= 4 is 39.5 Å². The van der Waals surface area contributed by atoms with Gasteiger partial charge in [-0.25, -0.2) is 9.13 Å². The van der Waals surface area contributed by atoms with Gasteiger partial charge < -0.3 is 33.8 Å². The topological polar surface area (TPSA) is 237 Å². The normalized spacial score (nSPS) is 14.7. The molecule has 98 heavy (non-hydrogen) atoms. The predicted octanol–water partition coefficient (Wildman–Crippen LogP) is 22.9. The summed E-state index contributed by atoms with van der Waals surface area (Å²) in [6.07, 6.45) is 59.2. The minimum absolute atomic E-state index is 0.0839. The first kappa shape index (κ1) is 95.5. The molecule has 19 heteroatoms. The van der Waals surface area contributed by atoms with Crippen LogP contribution in [0.3, 0.4) is 0 Å². The summed E-state index contributed by atoms with van der Waals surface area (Å²) in [6, 6.07) is 0. The number of hydrogen-bond donors (Lipinski definition) is 3. The average Bonchev–Trinajstić information content (AvgIpc) is 0.953. The van der Waals surface area contributed by atoms with Crippen molar-refractivity contribution in [3.05, 3.63) is 24.3 Å². The van der Waals surface area contributed by atoms with Crippen LogP contribution in [0, 0.1) is 17.8 Å². The molecule has 0 bridgehead atoms. The number of phosphoric ester groups is 2. The molecule has 0 amide bonds. The largest absolute Gasteiger partial charge is 0.472 e. The zero-order chi connectivity index (χ0) is 72.3. The van der Waals surface area contributed by atoms with Crippen LogP contribution >= 0.6 is 15.6 Å². The van der Waals surface area contributed by atoms with E-state index in [-0.39, 0.29) is 25.7 Å². The quantitative estimate of drug-likeness (QED) is 0.0169. The Labute approximate surface area is 599 Å². The van der Waals surface area contributed by atoms with Crippen LogP contribution < -0.4 is 0 Å². The van der Waals surface area contributed by atoms with Crippen molar-refractivity contribution in [1.82, 2.24) is 0 Å². The SMILES string of the molecule is CCCCCC/C=C\C=C/CCCCCCCC(=O)O[C@H](COC(=O)CCCCCCCCC(C)CC)COP(=O)(O)OC[C@H](O)COP(=O)(O)OC[C@@H](COC(=O)CCCCCCCCCCC(C)C)OC(=O)CCCCCCCCCCCCCCCCCCCCC(C)CC. The number of carbonyl (C=O) groups excluding carboxylic acids is 4. The maximum atomic E-state index is 13.1. The van der Waals surface area contributed by atoms with E-state index in [1.807, 2.05) is 0 Å². The van der Waals surface area contributed by atoms with Gasteiger partial charge in [-0.1, -0.05) is 330 Å². The van der Waals surface area contributed by atoms with Crippen molar-refractivity contribution < 1.29 is 80.2 Å². The smallest absolute Gasteiger partial charge is 0.462 e. The van der Waals surface area contributed by atoms with Crippen molar-refractivity contribution in [2.75, 3.05) is 39.6 Å². The van der Waals surface area contributed by atoms with Crippen LogP contribution in [0.15, 0.2) is 24.3 Å². The molecular formula is C79H150O17P2. The Morgan fingerprint density at radius 1 is 0.337 bits per heavy atom. The van der Waals surface area contributed by atoms with Crippen molar-refractivity contribution in [3.8, 4) is 0 Å². The molecule has 0 fully saturated rings. The highest BCUT2D eigenvalue weighted by Crippen LogP contribution is 2.45. The summed E-state index contributed by atoms with van der Waals surface area (Å²) >= 11 is 0. The monoisotopic (exact) mass is 1430 g/mol. The van der Waals surface area contributed by atoms with E-state index in [9.17, 15) is 43.2 Å². The second-order valence-electron chi connectivity index (χ2n) is 28.7. The highest BCUT2D eigenvalue weighted by molar-refractivity contribution is 7.47. The minimum atomic E-state index is -4.96. The Hall–Kier alpha value is -2.46. The van der Waals surface area contributed by atoms with E-state index in [0.29, 0.717) is 25.7 Å². The first-order valence-electron chi connectivity index (χ1n) is 40.2. The second kappa shape index (κ2) is 68.9. The summed E-state index contributed by atoms with van der Waals surface area (Å²) in [5, 5.41) is 10.6. The lowest BCUT2D eigenvalue weighted by atomic mass is 9.99. The maximum Gasteiger partial charge on any atom is 0.472 e. The lowest BCUT2D eigenvalue weighted by Crippen LogP contribution is -2.30. The standard InChI is InChI=1S/C79H150O17P2/c1-8-11-12-13-14-15-16-17-22-26-29-32-39-48-55-63-79(84)96-75(67-90-77(82)61-54-47-42-41-45-52-59-72(7)10-3)69-94-98(87,88)92-65-73(80)64-91-97(85,86)93-68-74(66-89-76(81)60-53-46-38-35-34-36-43-50-57-70(4)5)95-78(83)62-56-49-40-33-30-27-24-21-19-18-20-23-25-28-31-37-44-51-58-71(6)9-2/h15-17,22,70-75,80H,8-14,18-21,23-69H2,1-7H3,(H,85,86)(H,87,88)/b16-15-,22-17-/t71?,72?,73-,74-,75-/m1/s1. The zero-order valence-electron chi connectivity index (χ0n) is 63.7. The molecule has 3 N–H and O–H groups in total. The van der Waals surface area contributed by atoms with Crippen LogP contribution in [0.2, 0.25) is 0 Å². The molecule has 0 aliphatic rings. The molecule has 0 saturated heterocycles. The lowest BCUT2D eigenvalue weighted by molar-refractivity contribution is -0.161. The van der Waals surface area contributed by atoms with Gasteiger partial charge in [0.25, 0.3) is 0 Å². The fourth-order valence-electron chi connectivity index (χ4n) is 11.5. The van der Waals surface area contributed by atoms with E-state index in [1.165, 1.54) is 173 Å². The van der Waals surface area contributed by atoms with Crippen molar-refractivity contribution in [2.45, 2.75) is 401 Å². The number of carbonyl (C=O) groups is 4. The summed E-state index contributed by atoms with van der Waals surface area (Å²) < 4.78 is 68.5. The highest BCUT2D eigenvalue weighted by Gasteiger charge is 2.30. The van der Waals surface area contributed by atoms with E-state index in [4.69, 9.17) is 37.0 Å². The fraction of sp³-hybridized carbons (Fsp3) is 0.899. The van der Waals surface area contributed by atoms with Gasteiger partial charge in [0.05, 0.1) is 26.4 Å². The third kappa shape index (κ3) is 69.3. The first-order chi connectivity index (χ1) is 47.3. The number of esters is 4. The molecule has 0 heterocycles. The number of aliphatic hydroxyl groups excluding tert-OH is 1. The summed E-state index contributed by atoms with van der Waals surface area (Å²) in [4.78, 5) is 72.8. The number of ether oxygens (including phenoxy) is 4. The number of hydrogen-bond acceptors (Lipinski definition) is 15. The van der Waals surface area contributed by atoms with Gasteiger partial charge in [0, 0.05) is 25.7 Å². The molecule has 17 nitrogen and oxygen atoms in total. The van der Waals surface area contributed by atoms with Crippen LogP contribution in [0.4, 0.5) is 0 Å². The average molecular weight is 1430 g/mol. The Morgan fingerprint density at radius 3 is 0.908 bits per heavy atom. The second-order valence-corrected chi connectivity index (χ2v) is 31.6. The summed E-state index contributed by atoms with van der Waals surface area (Å²) in [6.45, 7) is 11.8. The van der Waals surface area contributed by atoms with Gasteiger partial charge in [0.2, 0.25) is 0 Å². The molecular weight excluding hydrogens is 1280 g/mol. The van der Waals surface area contributed by atoms with Crippen molar-refractivity contribution in [3.63, 3.8) is 0 Å². The highest BCUT2D eigenvalue weighted by atomic mass is 31.2. The van der Waals surface area contributed by atoms with Crippen LogP contribution in [0.5, 0.6) is 0 Å². The van der Waals surface area contributed by atoms with Gasteiger partial charge in [-0.05, 0) is 69.1 Å². The van der Waals surface area contributed by atoms with E-state index in [1.54, 1.807) is 0 Å². The van der Waals surface area contributed by atoms with Crippen LogP contribution in [0.25, 0.3) is 0 Å². The molecule has 0 aliphatic heterocycles. The summed E-state index contributed by atoms with van der Waals surface area (Å²) in [5.41, 5.74) is 0. The molecule has 4 unspecified atom stereocenters. The number of phosphoric acid groups is 2. The molecule has 0 radical (unpaired) electrons. The lowest BCUT2D eigenvalue weighted by Gasteiger charge is -2.21. The van der Waals surface area contributed by atoms with Gasteiger partial charge in [-0.3, -0.25) is 37.3 Å². The van der Waals surface area contributed by atoms with E-state index >= 15 is 0 Å². The number of unbranched alkanes of at least 4 members (excludes halogenated alkanes) is 38. The Balaban J connectivity index is 5.22. The van der Waals surface area contributed by atoms with E-state index in [2.05, 4.69) is 72.8 Å². The summed E-state index contributed by atoms with van der Waals surface area (Å²) in [7, 11) is -9.93. The zero-order valence-corrected chi connectivity index (χ0v) is 65.5. The summed E-state index contributed by atoms with van der Waals surface area (Å²) in [5.74, 6) is 0.174. The van der Waals surface area contributed by atoms with Gasteiger partial charge in [0.15, 0.2) is 12.2 Å². The number of aliphatic hydroxyl groups is 1. The molecule has 0 aromatic carbocycles. The predicted molar refractivity (Wildman–Crippen MR) is 400 cm³/mol. The molecule has 0 aliphatic carbocycles. The molecule has 578 valence electrons. The van der Waals surface area contributed by atoms with Crippen LogP contribution in [-0.2, 0) is 65.4 Å². The molecule has 7 atom stereocenters. The van der Waals surface area contributed by atoms with Crippen LogP contribution in [0.1, 0.15) is 382 Å². The van der Waals surface area contributed by atoms with Gasteiger partial charge in [0.1, 0.15) is 19.3 Å². The molecule has 0 rings (SSSR count).